The Balaban J connectivity index is 2.29. The number of halogens is 2. The summed E-state index contributed by atoms with van der Waals surface area (Å²) in [6.07, 6.45) is 1.67. The first-order valence-corrected chi connectivity index (χ1v) is 6.37. The highest BCUT2D eigenvalue weighted by Crippen LogP contribution is 2.32. The van der Waals surface area contributed by atoms with E-state index in [1.807, 2.05) is 24.3 Å². The van der Waals surface area contributed by atoms with Gasteiger partial charge in [0.05, 0.1) is 16.2 Å². The Morgan fingerprint density at radius 1 is 0.947 bits per heavy atom. The van der Waals surface area contributed by atoms with Crippen LogP contribution in [-0.4, -0.2) is 10.2 Å². The lowest BCUT2D eigenvalue weighted by Crippen LogP contribution is -1.91. The highest BCUT2D eigenvalue weighted by atomic mass is 35.5. The van der Waals surface area contributed by atoms with E-state index in [9.17, 15) is 0 Å². The van der Waals surface area contributed by atoms with Crippen LogP contribution in [0.25, 0.3) is 22.0 Å². The van der Waals surface area contributed by atoms with Crippen LogP contribution in [0, 0.1) is 0 Å². The average molecular weight is 290 g/mol. The van der Waals surface area contributed by atoms with Gasteiger partial charge >= 0.3 is 0 Å². The van der Waals surface area contributed by atoms with Crippen molar-refractivity contribution in [3.05, 3.63) is 52.6 Å². The summed E-state index contributed by atoms with van der Waals surface area (Å²) in [4.78, 5) is 0. The fraction of sp³-hybridized carbons (Fsp3) is 0. The molecule has 0 aliphatic heterocycles. The second-order valence-electron chi connectivity index (χ2n) is 4.17. The number of hydrogen-bond donors (Lipinski definition) is 1. The third-order valence-corrected chi connectivity index (χ3v) is 3.61. The number of fused-ring (bicyclic) bond motifs is 1. The molecule has 0 spiro atoms. The van der Waals surface area contributed by atoms with Gasteiger partial charge in [-0.15, -0.1) is 5.10 Å². The molecule has 0 bridgehead atoms. The van der Waals surface area contributed by atoms with Crippen molar-refractivity contribution in [1.29, 1.82) is 0 Å². The molecule has 0 saturated carbocycles. The van der Waals surface area contributed by atoms with Crippen LogP contribution in [0.15, 0.2) is 42.6 Å². The van der Waals surface area contributed by atoms with E-state index in [-0.39, 0.29) is 0 Å². The molecule has 0 aliphatic rings. The topological polar surface area (TPSA) is 51.8 Å². The minimum atomic E-state index is 0.499. The van der Waals surface area contributed by atoms with Gasteiger partial charge in [0.1, 0.15) is 5.69 Å². The van der Waals surface area contributed by atoms with Gasteiger partial charge in [0.25, 0.3) is 0 Å². The standard InChI is InChI=1S/C14H9Cl2N3/c15-12-5-9-7-18-19-14(11(9)6-13(12)16)8-1-3-10(17)4-2-8/h1-7H,17H2. The van der Waals surface area contributed by atoms with E-state index >= 15 is 0 Å². The second kappa shape index (κ2) is 4.68. The second-order valence-corrected chi connectivity index (χ2v) is 4.98. The minimum Gasteiger partial charge on any atom is -0.399 e. The molecule has 0 aliphatic carbocycles. The summed E-state index contributed by atoms with van der Waals surface area (Å²) in [5, 5.41) is 11.0. The van der Waals surface area contributed by atoms with Gasteiger partial charge in [0, 0.05) is 22.0 Å². The third-order valence-electron chi connectivity index (χ3n) is 2.89. The van der Waals surface area contributed by atoms with Crippen molar-refractivity contribution in [2.45, 2.75) is 0 Å². The van der Waals surface area contributed by atoms with E-state index in [1.165, 1.54) is 0 Å². The van der Waals surface area contributed by atoms with Gasteiger partial charge in [-0.1, -0.05) is 35.3 Å². The molecular weight excluding hydrogens is 281 g/mol. The first kappa shape index (κ1) is 12.2. The summed E-state index contributed by atoms with van der Waals surface area (Å²) in [5.41, 5.74) is 8.09. The molecule has 0 fully saturated rings. The van der Waals surface area contributed by atoms with E-state index in [0.717, 1.165) is 22.0 Å². The van der Waals surface area contributed by atoms with E-state index in [2.05, 4.69) is 10.2 Å². The lowest BCUT2D eigenvalue weighted by atomic mass is 10.1. The van der Waals surface area contributed by atoms with Gasteiger partial charge < -0.3 is 5.73 Å². The summed E-state index contributed by atoms with van der Waals surface area (Å²) < 4.78 is 0. The third kappa shape index (κ3) is 2.23. The lowest BCUT2D eigenvalue weighted by Gasteiger charge is -2.06. The minimum absolute atomic E-state index is 0.499. The van der Waals surface area contributed by atoms with Crippen molar-refractivity contribution < 1.29 is 0 Å². The fourth-order valence-electron chi connectivity index (χ4n) is 1.93. The van der Waals surface area contributed by atoms with Crippen LogP contribution in [0.4, 0.5) is 5.69 Å². The molecule has 0 atom stereocenters. The predicted molar refractivity (Wildman–Crippen MR) is 79.4 cm³/mol. The molecule has 1 aromatic heterocycles. The maximum absolute atomic E-state index is 6.07. The van der Waals surface area contributed by atoms with E-state index < -0.39 is 0 Å². The maximum atomic E-state index is 6.07. The molecule has 0 radical (unpaired) electrons. The highest BCUT2D eigenvalue weighted by molar-refractivity contribution is 6.42. The van der Waals surface area contributed by atoms with Gasteiger partial charge in [-0.05, 0) is 24.3 Å². The zero-order valence-corrected chi connectivity index (χ0v) is 11.3. The highest BCUT2D eigenvalue weighted by Gasteiger charge is 2.09. The van der Waals surface area contributed by atoms with Crippen LogP contribution in [-0.2, 0) is 0 Å². The lowest BCUT2D eigenvalue weighted by molar-refractivity contribution is 1.06. The number of nitrogen functional groups attached to an aromatic ring is 1. The summed E-state index contributed by atoms with van der Waals surface area (Å²) in [6, 6.07) is 11.1. The van der Waals surface area contributed by atoms with Crippen molar-refractivity contribution in [3.8, 4) is 11.3 Å². The maximum Gasteiger partial charge on any atom is 0.101 e. The molecule has 3 nitrogen and oxygen atoms in total. The van der Waals surface area contributed by atoms with Crippen molar-refractivity contribution >= 4 is 39.7 Å². The fourth-order valence-corrected chi connectivity index (χ4v) is 2.27. The van der Waals surface area contributed by atoms with Crippen molar-refractivity contribution in [2.24, 2.45) is 0 Å². The van der Waals surface area contributed by atoms with E-state index in [0.29, 0.717) is 15.7 Å². The van der Waals surface area contributed by atoms with Crippen LogP contribution < -0.4 is 5.73 Å². The van der Waals surface area contributed by atoms with Gasteiger partial charge in [0.15, 0.2) is 0 Å². The van der Waals surface area contributed by atoms with E-state index in [1.54, 1.807) is 18.3 Å². The van der Waals surface area contributed by atoms with Gasteiger partial charge in [-0.3, -0.25) is 0 Å². The number of nitrogens with zero attached hydrogens (tertiary/aromatic N) is 2. The summed E-state index contributed by atoms with van der Waals surface area (Å²) in [5.74, 6) is 0. The average Bonchev–Trinajstić information content (AvgIpc) is 2.41. The molecule has 0 amide bonds. The van der Waals surface area contributed by atoms with Gasteiger partial charge in [-0.25, -0.2) is 0 Å². The Kier molecular flexibility index (Phi) is 3.01. The Morgan fingerprint density at radius 2 is 1.63 bits per heavy atom. The molecule has 5 heteroatoms. The summed E-state index contributed by atoms with van der Waals surface area (Å²) in [7, 11) is 0. The molecule has 19 heavy (non-hydrogen) atoms. The molecule has 2 N–H and O–H groups in total. The molecule has 94 valence electrons. The number of nitrogens with two attached hydrogens (primary N) is 1. The Morgan fingerprint density at radius 3 is 2.37 bits per heavy atom. The first-order valence-electron chi connectivity index (χ1n) is 5.61. The molecule has 0 unspecified atom stereocenters. The first-order chi connectivity index (χ1) is 9.15. The molecule has 2 aromatic carbocycles. The Hall–Kier alpha value is -1.84. The van der Waals surface area contributed by atoms with Crippen LogP contribution in [0.5, 0.6) is 0 Å². The summed E-state index contributed by atoms with van der Waals surface area (Å²) >= 11 is 12.1. The Bertz CT molecular complexity index is 754. The molecule has 0 saturated heterocycles. The van der Waals surface area contributed by atoms with Crippen LogP contribution in [0.3, 0.4) is 0 Å². The zero-order chi connectivity index (χ0) is 13.4. The van der Waals surface area contributed by atoms with Crippen LogP contribution >= 0.6 is 23.2 Å². The van der Waals surface area contributed by atoms with Gasteiger partial charge in [-0.2, -0.15) is 5.10 Å². The van der Waals surface area contributed by atoms with E-state index in [4.69, 9.17) is 28.9 Å². The predicted octanol–water partition coefficient (Wildman–Crippen LogP) is 4.19. The van der Waals surface area contributed by atoms with Gasteiger partial charge in [0.2, 0.25) is 0 Å². The normalized spacial score (nSPS) is 10.8. The molecular formula is C14H9Cl2N3. The number of hydrogen-bond acceptors (Lipinski definition) is 3. The Labute approximate surface area is 120 Å². The van der Waals surface area contributed by atoms with Crippen LogP contribution in [0.1, 0.15) is 0 Å². The van der Waals surface area contributed by atoms with Crippen molar-refractivity contribution in [2.75, 3.05) is 5.73 Å². The zero-order valence-electron chi connectivity index (χ0n) is 9.77. The smallest absolute Gasteiger partial charge is 0.101 e. The number of anilines is 1. The monoisotopic (exact) mass is 289 g/mol. The number of rotatable bonds is 1. The molecule has 3 aromatic rings. The van der Waals surface area contributed by atoms with Crippen molar-refractivity contribution in [3.63, 3.8) is 0 Å². The number of benzene rings is 2. The SMILES string of the molecule is Nc1ccc(-c2nncc3cc(Cl)c(Cl)cc23)cc1. The van der Waals surface area contributed by atoms with Crippen molar-refractivity contribution in [1.82, 2.24) is 10.2 Å². The molecule has 1 heterocycles. The number of aromatic nitrogens is 2. The summed E-state index contributed by atoms with van der Waals surface area (Å²) in [6.45, 7) is 0. The quantitative estimate of drug-likeness (QED) is 0.684. The largest absolute Gasteiger partial charge is 0.399 e. The molecule has 3 rings (SSSR count). The van der Waals surface area contributed by atoms with Crippen LogP contribution in [0.2, 0.25) is 10.0 Å².